The minimum atomic E-state index is -0.497. The van der Waals surface area contributed by atoms with Crippen molar-refractivity contribution in [3.05, 3.63) is 70.6 Å². The van der Waals surface area contributed by atoms with Gasteiger partial charge in [0.2, 0.25) is 11.9 Å². The molecule has 2 heterocycles. The molecule has 0 saturated heterocycles. The van der Waals surface area contributed by atoms with Gasteiger partial charge in [-0.15, -0.1) is 0 Å². The molecule has 0 aliphatic heterocycles. The van der Waals surface area contributed by atoms with Crippen LogP contribution in [0.4, 0.5) is 11.9 Å². The Kier molecular flexibility index (Phi) is 8.76. The van der Waals surface area contributed by atoms with Crippen molar-refractivity contribution in [3.8, 4) is 11.1 Å². The Hall–Kier alpha value is -3.61. The van der Waals surface area contributed by atoms with Gasteiger partial charge < -0.3 is 27.2 Å². The van der Waals surface area contributed by atoms with E-state index >= 15 is 0 Å². The number of fused-ring (bicyclic) bond motifs is 1. The lowest BCUT2D eigenvalue weighted by molar-refractivity contribution is 0.258. The SMILES string of the molecule is NCCCN(CCCNC(N)N)Cc1ccc(-c2c[nH]c(Nc3nc4ccccc4[nH]3)nc2=O)cc1. The zero-order chi connectivity index (χ0) is 25.3. The van der Waals surface area contributed by atoms with Crippen LogP contribution in [0.15, 0.2) is 59.5 Å². The lowest BCUT2D eigenvalue weighted by atomic mass is 10.1. The van der Waals surface area contributed by atoms with Gasteiger partial charge in [-0.2, -0.15) is 4.98 Å². The molecule has 11 nitrogen and oxygen atoms in total. The number of nitrogens with one attached hydrogen (secondary N) is 4. The maximum absolute atomic E-state index is 12.7. The second-order valence-electron chi connectivity index (χ2n) is 8.64. The van der Waals surface area contributed by atoms with Crippen molar-refractivity contribution in [2.45, 2.75) is 25.7 Å². The van der Waals surface area contributed by atoms with Crippen LogP contribution in [0, 0.1) is 0 Å². The molecule has 0 atom stereocenters. The first kappa shape index (κ1) is 25.5. The Morgan fingerprint density at radius 3 is 2.47 bits per heavy atom. The number of nitrogens with two attached hydrogens (primary N) is 3. The third-order valence-corrected chi connectivity index (χ3v) is 5.80. The Balaban J connectivity index is 1.39. The smallest absolute Gasteiger partial charge is 0.282 e. The quantitative estimate of drug-likeness (QED) is 0.108. The van der Waals surface area contributed by atoms with Crippen LogP contribution in [0.3, 0.4) is 0 Å². The molecule has 0 saturated carbocycles. The fourth-order valence-electron chi connectivity index (χ4n) is 4.00. The number of nitrogens with zero attached hydrogens (tertiary/aromatic N) is 3. The predicted molar refractivity (Wildman–Crippen MR) is 143 cm³/mol. The average Bonchev–Trinajstić information content (AvgIpc) is 3.28. The van der Waals surface area contributed by atoms with Gasteiger partial charge in [-0.05, 0) is 62.3 Å². The lowest BCUT2D eigenvalue weighted by Crippen LogP contribution is -2.46. The fraction of sp³-hybridized carbons (Fsp3) is 0.320. The number of aromatic amines is 2. The van der Waals surface area contributed by atoms with E-state index in [1.807, 2.05) is 48.5 Å². The summed E-state index contributed by atoms with van der Waals surface area (Å²) in [6.45, 7) is 4.02. The van der Waals surface area contributed by atoms with Crippen LogP contribution in [0.2, 0.25) is 0 Å². The van der Waals surface area contributed by atoms with Gasteiger partial charge in [0.25, 0.3) is 5.56 Å². The summed E-state index contributed by atoms with van der Waals surface area (Å²) in [5, 5.41) is 6.05. The molecule has 0 bridgehead atoms. The highest BCUT2D eigenvalue weighted by Gasteiger charge is 2.10. The number of benzene rings is 2. The normalized spacial score (nSPS) is 11.6. The molecule has 4 rings (SSSR count). The van der Waals surface area contributed by atoms with Gasteiger partial charge in [-0.1, -0.05) is 36.4 Å². The number of rotatable bonds is 13. The first-order valence-corrected chi connectivity index (χ1v) is 12.1. The van der Waals surface area contributed by atoms with Gasteiger partial charge in [0, 0.05) is 12.7 Å². The standard InChI is InChI=1S/C25H34N10O/c26-11-3-13-35(14-4-12-29-23(27)28)16-17-7-9-18(10-8-17)19-15-30-24(33-22(19)36)34-25-31-20-5-1-2-6-21(20)32-25/h1-2,5-10,15,23,29H,3-4,11-14,16,26-28H2,(H3,30,31,32,33,34,36). The molecular weight excluding hydrogens is 456 g/mol. The van der Waals surface area contributed by atoms with Crippen LogP contribution in [-0.2, 0) is 6.54 Å². The summed E-state index contributed by atoms with van der Waals surface area (Å²) in [7, 11) is 0. The molecule has 2 aromatic carbocycles. The number of para-hydroxylation sites is 2. The molecule has 0 aliphatic rings. The zero-order valence-electron chi connectivity index (χ0n) is 20.2. The van der Waals surface area contributed by atoms with Crippen LogP contribution in [0.1, 0.15) is 18.4 Å². The van der Waals surface area contributed by atoms with Gasteiger partial charge in [0.1, 0.15) is 6.29 Å². The monoisotopic (exact) mass is 490 g/mol. The summed E-state index contributed by atoms with van der Waals surface area (Å²) < 4.78 is 0. The Bertz CT molecular complexity index is 1270. The van der Waals surface area contributed by atoms with E-state index in [0.717, 1.165) is 61.2 Å². The molecule has 0 amide bonds. The summed E-state index contributed by atoms with van der Waals surface area (Å²) in [6, 6.07) is 15.7. The van der Waals surface area contributed by atoms with E-state index in [1.165, 1.54) is 0 Å². The minimum Gasteiger partial charge on any atom is -0.331 e. The van der Waals surface area contributed by atoms with E-state index in [2.05, 4.69) is 35.5 Å². The van der Waals surface area contributed by atoms with Gasteiger partial charge in [0.15, 0.2) is 0 Å². The van der Waals surface area contributed by atoms with E-state index in [4.69, 9.17) is 17.2 Å². The highest BCUT2D eigenvalue weighted by Crippen LogP contribution is 2.19. The Labute approximate surface area is 209 Å². The zero-order valence-corrected chi connectivity index (χ0v) is 20.2. The molecule has 0 unspecified atom stereocenters. The number of aromatic nitrogens is 4. The second-order valence-corrected chi connectivity index (χ2v) is 8.64. The molecule has 36 heavy (non-hydrogen) atoms. The Morgan fingerprint density at radius 2 is 1.75 bits per heavy atom. The van der Waals surface area contributed by atoms with E-state index in [9.17, 15) is 4.79 Å². The number of H-pyrrole nitrogens is 2. The van der Waals surface area contributed by atoms with E-state index in [1.54, 1.807) is 6.20 Å². The van der Waals surface area contributed by atoms with Crippen molar-refractivity contribution < 1.29 is 0 Å². The van der Waals surface area contributed by atoms with Gasteiger partial charge in [0.05, 0.1) is 16.6 Å². The second kappa shape index (κ2) is 12.4. The van der Waals surface area contributed by atoms with Crippen molar-refractivity contribution in [2.75, 3.05) is 31.5 Å². The van der Waals surface area contributed by atoms with Crippen molar-refractivity contribution in [3.63, 3.8) is 0 Å². The third kappa shape index (κ3) is 6.97. The first-order chi connectivity index (χ1) is 17.5. The van der Waals surface area contributed by atoms with Crippen molar-refractivity contribution in [1.29, 1.82) is 0 Å². The molecule has 11 heteroatoms. The molecule has 4 aromatic rings. The number of hydrogen-bond donors (Lipinski definition) is 7. The van der Waals surface area contributed by atoms with E-state index in [0.29, 0.717) is 24.0 Å². The summed E-state index contributed by atoms with van der Waals surface area (Å²) in [5.74, 6) is 0.831. The van der Waals surface area contributed by atoms with Gasteiger partial charge in [-0.3, -0.25) is 20.3 Å². The van der Waals surface area contributed by atoms with Crippen molar-refractivity contribution in [2.24, 2.45) is 17.2 Å². The van der Waals surface area contributed by atoms with E-state index < -0.39 is 6.29 Å². The summed E-state index contributed by atoms with van der Waals surface area (Å²) in [4.78, 5) is 29.9. The minimum absolute atomic E-state index is 0.319. The van der Waals surface area contributed by atoms with Crippen LogP contribution < -0.4 is 33.4 Å². The predicted octanol–water partition coefficient (Wildman–Crippen LogP) is 1.39. The van der Waals surface area contributed by atoms with Crippen LogP contribution >= 0.6 is 0 Å². The van der Waals surface area contributed by atoms with Crippen molar-refractivity contribution in [1.82, 2.24) is 30.2 Å². The molecule has 190 valence electrons. The number of hydrogen-bond acceptors (Lipinski definition) is 9. The average molecular weight is 491 g/mol. The van der Waals surface area contributed by atoms with Gasteiger partial charge in [-0.25, -0.2) is 4.98 Å². The highest BCUT2D eigenvalue weighted by atomic mass is 16.1. The highest BCUT2D eigenvalue weighted by molar-refractivity contribution is 5.77. The molecule has 0 fully saturated rings. The molecule has 2 aromatic heterocycles. The van der Waals surface area contributed by atoms with Gasteiger partial charge >= 0.3 is 0 Å². The first-order valence-electron chi connectivity index (χ1n) is 12.1. The summed E-state index contributed by atoms with van der Waals surface area (Å²) in [6.07, 6.45) is 3.03. The fourth-order valence-corrected chi connectivity index (χ4v) is 4.00. The maximum atomic E-state index is 12.7. The molecule has 0 aliphatic carbocycles. The largest absolute Gasteiger partial charge is 0.331 e. The molecule has 10 N–H and O–H groups in total. The van der Waals surface area contributed by atoms with Crippen LogP contribution in [-0.4, -0.2) is 57.3 Å². The molecule has 0 radical (unpaired) electrons. The number of imidazole rings is 1. The summed E-state index contributed by atoms with van der Waals surface area (Å²) >= 11 is 0. The number of anilines is 2. The van der Waals surface area contributed by atoms with E-state index in [-0.39, 0.29) is 5.56 Å². The van der Waals surface area contributed by atoms with Crippen LogP contribution in [0.25, 0.3) is 22.2 Å². The topological polar surface area (TPSA) is 180 Å². The molecule has 0 spiro atoms. The van der Waals surface area contributed by atoms with Crippen LogP contribution in [0.5, 0.6) is 0 Å². The lowest BCUT2D eigenvalue weighted by Gasteiger charge is -2.22. The maximum Gasteiger partial charge on any atom is 0.282 e. The summed E-state index contributed by atoms with van der Waals surface area (Å²) in [5.41, 5.74) is 20.7. The molecular formula is C25H34N10O. The third-order valence-electron chi connectivity index (χ3n) is 5.80. The Morgan fingerprint density at radius 1 is 0.972 bits per heavy atom. The van der Waals surface area contributed by atoms with Crippen molar-refractivity contribution >= 4 is 22.9 Å².